The lowest BCUT2D eigenvalue weighted by molar-refractivity contribution is -0.145. The number of hydrogen-bond donors (Lipinski definition) is 4. The Balaban J connectivity index is 0.000000148. The number of amides is 2. The van der Waals surface area contributed by atoms with E-state index in [1.54, 1.807) is 102 Å². The second-order valence-corrected chi connectivity index (χ2v) is 21.0. The fourth-order valence-corrected chi connectivity index (χ4v) is 9.93. The van der Waals surface area contributed by atoms with Crippen LogP contribution in [-0.2, 0) is 19.1 Å². The molecule has 12 rings (SSSR count). The highest BCUT2D eigenvalue weighted by Gasteiger charge is 2.47. The number of carbonyl (C=O) groups is 4. The molecule has 16 nitrogen and oxygen atoms in total. The van der Waals surface area contributed by atoms with E-state index in [0.29, 0.717) is 86.1 Å². The van der Waals surface area contributed by atoms with Gasteiger partial charge in [0.1, 0.15) is 34.1 Å². The fraction of sp³-hybridized carbons (Fsp3) is 0.267. The summed E-state index contributed by atoms with van der Waals surface area (Å²) in [5, 5.41) is 25.2. The molecule has 4 saturated carbocycles. The number of hydrogen-bond acceptors (Lipinski definition) is 12. The van der Waals surface area contributed by atoms with Crippen molar-refractivity contribution in [3.63, 3.8) is 0 Å². The number of nitrogens with zero attached hydrogens (tertiary/aromatic N) is 4. The van der Waals surface area contributed by atoms with Crippen molar-refractivity contribution in [1.82, 2.24) is 29.7 Å². The molecule has 2 amide bonds. The molecule has 20 heteroatoms. The van der Waals surface area contributed by atoms with E-state index in [9.17, 15) is 43.2 Å². The van der Waals surface area contributed by atoms with Crippen molar-refractivity contribution < 1.29 is 47.5 Å². The smallest absolute Gasteiger partial charge is 0.466 e. The van der Waals surface area contributed by atoms with Crippen molar-refractivity contribution in [2.75, 3.05) is 13.2 Å². The lowest BCUT2D eigenvalue weighted by Gasteiger charge is -2.14. The number of rotatable bonds is 14. The van der Waals surface area contributed by atoms with Crippen molar-refractivity contribution in [1.29, 1.82) is 0 Å². The first-order chi connectivity index (χ1) is 38.6. The van der Waals surface area contributed by atoms with Crippen LogP contribution in [0.3, 0.4) is 0 Å². The first-order valence-electron chi connectivity index (χ1n) is 26.4. The predicted molar refractivity (Wildman–Crippen MR) is 300 cm³/mol. The molecule has 408 valence electrons. The number of halogens is 3. The normalized spacial score (nSPS) is 17.7. The van der Waals surface area contributed by atoms with E-state index in [0.717, 1.165) is 31.2 Å². The summed E-state index contributed by atoms with van der Waals surface area (Å²) in [6.07, 6.45) is 11.1. The maximum atomic E-state index is 15.1. The quantitative estimate of drug-likeness (QED) is 0.0602. The Labute approximate surface area is 466 Å². The molecule has 80 heavy (non-hydrogen) atoms. The van der Waals surface area contributed by atoms with Crippen LogP contribution in [0.4, 0.5) is 8.78 Å². The highest BCUT2D eigenvalue weighted by molar-refractivity contribution is 9.10. The highest BCUT2D eigenvalue weighted by atomic mass is 79.9. The molecule has 4 atom stereocenters. The Kier molecular flexibility index (Phi) is 16.3. The van der Waals surface area contributed by atoms with Crippen LogP contribution in [0.15, 0.2) is 148 Å². The van der Waals surface area contributed by atoms with Crippen LogP contribution >= 0.6 is 15.9 Å². The average molecular weight is 1150 g/mol. The SMILES string of the molecule is CCOC(=O)[C@@H]1C[C@H]1c1ccc(-c2cccc(-n3cc(C(=O)NC4CC4)c(=O)c4cccnc43)c2)cc1F.CCOC(=O)[C@@H]1C[C@H]1c1ccc(Br)cc1F.O=C(NC1CC1)c1cn(-c2cccc(B(O)O)c2)c2ncccc2c1=O. The van der Waals surface area contributed by atoms with Crippen LogP contribution in [0.2, 0.25) is 0 Å². The van der Waals surface area contributed by atoms with Crippen LogP contribution in [-0.4, -0.2) is 85.3 Å². The molecule has 0 unspecified atom stereocenters. The van der Waals surface area contributed by atoms with Gasteiger partial charge in [-0.2, -0.15) is 0 Å². The molecule has 4 fully saturated rings. The van der Waals surface area contributed by atoms with Crippen LogP contribution in [0.25, 0.3) is 44.6 Å². The van der Waals surface area contributed by atoms with Gasteiger partial charge in [-0.25, -0.2) is 18.7 Å². The number of ether oxygens (including phenoxy) is 2. The van der Waals surface area contributed by atoms with Crippen molar-refractivity contribution >= 4 is 74.3 Å². The van der Waals surface area contributed by atoms with Gasteiger partial charge in [0.25, 0.3) is 11.8 Å². The summed E-state index contributed by atoms with van der Waals surface area (Å²) in [4.78, 5) is 83.3. The average Bonchev–Trinajstić information content (AvgIpc) is 4.28. The van der Waals surface area contributed by atoms with Gasteiger partial charge in [0.15, 0.2) is 0 Å². The Hall–Kier alpha value is -8.20. The Bertz CT molecular complexity index is 3850. The monoisotopic (exact) mass is 1150 g/mol. The molecule has 4 aliphatic rings. The first kappa shape index (κ1) is 55.1. The first-order valence-corrected chi connectivity index (χ1v) is 27.2. The molecular formula is C60H54BBrF2N6O10. The van der Waals surface area contributed by atoms with E-state index in [1.807, 2.05) is 30.3 Å². The summed E-state index contributed by atoms with van der Waals surface area (Å²) in [7, 11) is -1.62. The van der Waals surface area contributed by atoms with Gasteiger partial charge in [-0.15, -0.1) is 0 Å². The zero-order valence-corrected chi connectivity index (χ0v) is 45.1. The van der Waals surface area contributed by atoms with Crippen LogP contribution < -0.4 is 27.0 Å². The van der Waals surface area contributed by atoms with Gasteiger partial charge >= 0.3 is 19.1 Å². The van der Waals surface area contributed by atoms with Crippen LogP contribution in [0.1, 0.15) is 96.1 Å². The standard InChI is InChI=1S/C30H26FN3O4.C18H16BN3O4.C12H12BrFO2/c1-2-38-30(37)24-15-23(24)21-11-8-18(14-26(21)31)17-5-3-6-20(13-17)34-16-25(29(36)33-19-9-10-19)27(35)22-7-4-12-32-28(22)34;23-16-14-5-2-8-20-17(14)22(10-15(16)18(24)21-12-6-7-12)13-4-1-3-11(9-13)19(25)26;1-2-16-12(15)10-6-9(10)8-4-3-7(13)5-11(8)14/h3-8,11-14,16,19,23-24H,2,9-10,15H2,1H3,(H,33,36);1-5,8-10,12,25-26H,6-7H2,(H,21,24);3-5,9-10H,2,6H2,1H3/t23-,24+;;9-,10+/m0.0/s1. The number of aromatic nitrogens is 4. The van der Waals surface area contributed by atoms with Crippen LogP contribution in [0.5, 0.6) is 0 Å². The van der Waals surface area contributed by atoms with E-state index in [1.165, 1.54) is 24.5 Å². The molecule has 0 radical (unpaired) electrons. The lowest BCUT2D eigenvalue weighted by atomic mass is 9.80. The zero-order valence-electron chi connectivity index (χ0n) is 43.5. The molecule has 4 heterocycles. The van der Waals surface area contributed by atoms with Gasteiger partial charge in [0, 0.05) is 64.6 Å². The van der Waals surface area contributed by atoms with E-state index in [2.05, 4.69) is 36.5 Å². The summed E-state index contributed by atoms with van der Waals surface area (Å²) < 4.78 is 42.7. The highest BCUT2D eigenvalue weighted by Crippen LogP contribution is 2.50. The Morgan fingerprint density at radius 2 is 1.10 bits per heavy atom. The number of benzene rings is 4. The summed E-state index contributed by atoms with van der Waals surface area (Å²) in [6, 6.07) is 30.8. The topological polar surface area (TPSA) is 221 Å². The van der Waals surface area contributed by atoms with Crippen LogP contribution in [0, 0.1) is 23.5 Å². The second kappa shape index (κ2) is 23.6. The second-order valence-electron chi connectivity index (χ2n) is 20.1. The third kappa shape index (κ3) is 12.3. The predicted octanol–water partition coefficient (Wildman–Crippen LogP) is 7.96. The summed E-state index contributed by atoms with van der Waals surface area (Å²) in [5.74, 6) is -2.52. The van der Waals surface area contributed by atoms with Crippen molar-refractivity contribution in [2.45, 2.75) is 76.3 Å². The Morgan fingerprint density at radius 3 is 1.57 bits per heavy atom. The molecule has 0 bridgehead atoms. The van der Waals surface area contributed by atoms with E-state index < -0.39 is 18.9 Å². The third-order valence-corrected chi connectivity index (χ3v) is 14.8. The molecule has 4 aliphatic carbocycles. The maximum Gasteiger partial charge on any atom is 0.488 e. The molecule has 0 spiro atoms. The van der Waals surface area contributed by atoms with Gasteiger partial charge in [-0.05, 0) is 147 Å². The summed E-state index contributed by atoms with van der Waals surface area (Å²) in [6.45, 7) is 4.22. The lowest BCUT2D eigenvalue weighted by Crippen LogP contribution is -2.32. The number of nitrogens with one attached hydrogen (secondary N) is 2. The minimum Gasteiger partial charge on any atom is -0.466 e. The molecule has 8 aromatic rings. The van der Waals surface area contributed by atoms with Crippen molar-refractivity contribution in [2.24, 2.45) is 11.8 Å². The van der Waals surface area contributed by atoms with Gasteiger partial charge in [0.05, 0.1) is 35.8 Å². The fourth-order valence-electron chi connectivity index (χ4n) is 9.60. The molecular weight excluding hydrogens is 1090 g/mol. The molecule has 4 N–H and O–H groups in total. The largest absolute Gasteiger partial charge is 0.488 e. The number of pyridine rings is 4. The minimum absolute atomic E-state index is 0.00727. The van der Waals surface area contributed by atoms with Gasteiger partial charge in [0.2, 0.25) is 10.9 Å². The number of esters is 2. The minimum atomic E-state index is -1.62. The maximum absolute atomic E-state index is 15.1. The van der Waals surface area contributed by atoms with Crippen molar-refractivity contribution in [3.05, 3.63) is 193 Å². The van der Waals surface area contributed by atoms with E-state index in [-0.39, 0.29) is 81.3 Å². The van der Waals surface area contributed by atoms with Gasteiger partial charge < -0.3 is 39.3 Å². The summed E-state index contributed by atoms with van der Waals surface area (Å²) in [5.41, 5.74) is 4.29. The van der Waals surface area contributed by atoms with Crippen molar-refractivity contribution in [3.8, 4) is 22.5 Å². The number of fused-ring (bicyclic) bond motifs is 2. The molecule has 4 aromatic carbocycles. The Morgan fingerprint density at radius 1 is 0.625 bits per heavy atom. The molecule has 0 aliphatic heterocycles. The zero-order chi connectivity index (χ0) is 56.4. The van der Waals surface area contributed by atoms with Gasteiger partial charge in [-0.3, -0.25) is 28.8 Å². The summed E-state index contributed by atoms with van der Waals surface area (Å²) >= 11 is 3.20. The van der Waals surface area contributed by atoms with E-state index in [4.69, 9.17) is 9.47 Å². The van der Waals surface area contributed by atoms with Gasteiger partial charge in [-0.1, -0.05) is 58.4 Å². The molecule has 4 aromatic heterocycles. The molecule has 0 saturated heterocycles. The van der Waals surface area contributed by atoms with E-state index >= 15 is 4.39 Å². The number of carbonyl (C=O) groups excluding carboxylic acids is 4. The third-order valence-electron chi connectivity index (χ3n) is 14.3.